The number of hydrogen-bond acceptors (Lipinski definition) is 3. The average Bonchev–Trinajstić information content (AvgIpc) is 2.75. The van der Waals surface area contributed by atoms with Crippen LogP contribution in [0, 0.1) is 5.41 Å². The second-order valence-corrected chi connectivity index (χ2v) is 5.71. The van der Waals surface area contributed by atoms with E-state index in [-0.39, 0.29) is 5.41 Å². The number of hydrogen-bond donors (Lipinski definition) is 0. The number of carbonyl (C=O) groups excluding carboxylic acids is 1. The lowest BCUT2D eigenvalue weighted by molar-refractivity contribution is -0.163. The summed E-state index contributed by atoms with van der Waals surface area (Å²) in [6.45, 7) is 3.74. The molecule has 1 amide bonds. The Morgan fingerprint density at radius 2 is 2.22 bits per heavy atom. The largest absolute Gasteiger partial charge is 0.344 e. The van der Waals surface area contributed by atoms with E-state index in [1.807, 2.05) is 31.4 Å². The molecule has 0 bridgehead atoms. The first kappa shape index (κ1) is 11.7. The van der Waals surface area contributed by atoms with E-state index >= 15 is 0 Å². The number of carbonyl (C=O) groups is 1. The van der Waals surface area contributed by atoms with Gasteiger partial charge in [0, 0.05) is 39.6 Å². The van der Waals surface area contributed by atoms with Crippen molar-refractivity contribution in [2.45, 2.75) is 19.4 Å². The minimum absolute atomic E-state index is 0.0852. The van der Waals surface area contributed by atoms with Gasteiger partial charge in [-0.15, -0.1) is 0 Å². The van der Waals surface area contributed by atoms with Crippen molar-refractivity contribution in [3.63, 3.8) is 0 Å². The van der Waals surface area contributed by atoms with Crippen LogP contribution in [0.1, 0.15) is 18.7 Å². The molecule has 2 aliphatic heterocycles. The number of rotatable bonds is 2. The van der Waals surface area contributed by atoms with Crippen LogP contribution in [-0.4, -0.2) is 51.9 Å². The maximum Gasteiger partial charge on any atom is 0.231 e. The quantitative estimate of drug-likeness (QED) is 0.715. The first-order valence-corrected chi connectivity index (χ1v) is 6.55. The molecule has 0 radical (unpaired) electrons. The minimum atomic E-state index is -0.0852. The van der Waals surface area contributed by atoms with E-state index in [2.05, 4.69) is 14.5 Å². The zero-order valence-electron chi connectivity index (χ0n) is 11.1. The smallest absolute Gasteiger partial charge is 0.231 e. The molecule has 1 aromatic rings. The molecule has 0 saturated carbocycles. The van der Waals surface area contributed by atoms with Crippen LogP contribution in [0.15, 0.2) is 12.4 Å². The van der Waals surface area contributed by atoms with Gasteiger partial charge in [0.2, 0.25) is 5.91 Å². The molecule has 1 atom stereocenters. The Kier molecular flexibility index (Phi) is 2.66. The SMILES string of the molecule is CN1CC2(CCCN(Cc3nccn3C)C2)C1=O. The number of piperidine rings is 1. The summed E-state index contributed by atoms with van der Waals surface area (Å²) in [6, 6.07) is 0. The Morgan fingerprint density at radius 3 is 2.83 bits per heavy atom. The summed E-state index contributed by atoms with van der Waals surface area (Å²) in [5.74, 6) is 1.40. The number of nitrogens with zero attached hydrogens (tertiary/aromatic N) is 4. The predicted octanol–water partition coefficient (Wildman–Crippen LogP) is 0.474. The average molecular weight is 248 g/mol. The zero-order chi connectivity index (χ0) is 12.8. The predicted molar refractivity (Wildman–Crippen MR) is 67.8 cm³/mol. The van der Waals surface area contributed by atoms with E-state index in [1.165, 1.54) is 0 Å². The normalized spacial score (nSPS) is 28.8. The number of imidazole rings is 1. The van der Waals surface area contributed by atoms with E-state index in [9.17, 15) is 4.79 Å². The Morgan fingerprint density at radius 1 is 1.39 bits per heavy atom. The fourth-order valence-electron chi connectivity index (χ4n) is 3.32. The molecule has 2 fully saturated rings. The van der Waals surface area contributed by atoms with Crippen molar-refractivity contribution in [3.05, 3.63) is 18.2 Å². The van der Waals surface area contributed by atoms with Gasteiger partial charge in [-0.3, -0.25) is 9.69 Å². The van der Waals surface area contributed by atoms with E-state index in [1.54, 1.807) is 0 Å². The van der Waals surface area contributed by atoms with Crippen LogP contribution >= 0.6 is 0 Å². The highest BCUT2D eigenvalue weighted by Crippen LogP contribution is 2.39. The lowest BCUT2D eigenvalue weighted by atomic mass is 9.72. The van der Waals surface area contributed by atoms with Gasteiger partial charge in [0.25, 0.3) is 0 Å². The van der Waals surface area contributed by atoms with Crippen LogP contribution in [0.25, 0.3) is 0 Å². The van der Waals surface area contributed by atoms with Crippen molar-refractivity contribution < 1.29 is 4.79 Å². The van der Waals surface area contributed by atoms with Gasteiger partial charge in [0.05, 0.1) is 12.0 Å². The number of β-lactam (4-membered cyclic amide) rings is 1. The molecule has 18 heavy (non-hydrogen) atoms. The van der Waals surface area contributed by atoms with Gasteiger partial charge in [0.1, 0.15) is 5.82 Å². The van der Waals surface area contributed by atoms with Gasteiger partial charge in [-0.05, 0) is 19.4 Å². The highest BCUT2D eigenvalue weighted by molar-refractivity contribution is 5.88. The Bertz CT molecular complexity index is 465. The molecular weight excluding hydrogens is 228 g/mol. The van der Waals surface area contributed by atoms with E-state index in [0.29, 0.717) is 5.91 Å². The van der Waals surface area contributed by atoms with Crippen LogP contribution in [-0.2, 0) is 18.4 Å². The topological polar surface area (TPSA) is 41.4 Å². The first-order chi connectivity index (χ1) is 8.61. The van der Waals surface area contributed by atoms with Crippen molar-refractivity contribution in [3.8, 4) is 0 Å². The maximum absolute atomic E-state index is 12.0. The summed E-state index contributed by atoms with van der Waals surface area (Å²) in [4.78, 5) is 20.6. The number of aryl methyl sites for hydroxylation is 1. The Balaban J connectivity index is 1.68. The lowest BCUT2D eigenvalue weighted by Gasteiger charge is -2.51. The number of aromatic nitrogens is 2. The molecule has 0 aromatic carbocycles. The molecule has 0 N–H and O–H groups in total. The van der Waals surface area contributed by atoms with Gasteiger partial charge in [0.15, 0.2) is 0 Å². The maximum atomic E-state index is 12.0. The van der Waals surface area contributed by atoms with Gasteiger partial charge in [-0.25, -0.2) is 4.98 Å². The molecule has 0 aliphatic carbocycles. The molecule has 1 aromatic heterocycles. The third kappa shape index (κ3) is 1.73. The fourth-order valence-corrected chi connectivity index (χ4v) is 3.32. The molecule has 3 rings (SSSR count). The molecule has 2 aliphatic rings. The van der Waals surface area contributed by atoms with Crippen LogP contribution < -0.4 is 0 Å². The molecule has 1 unspecified atom stereocenters. The van der Waals surface area contributed by atoms with Crippen LogP contribution in [0.5, 0.6) is 0 Å². The zero-order valence-corrected chi connectivity index (χ0v) is 11.1. The van der Waals surface area contributed by atoms with Crippen molar-refractivity contribution in [1.29, 1.82) is 0 Å². The second-order valence-electron chi connectivity index (χ2n) is 5.71. The molecule has 1 spiro atoms. The summed E-state index contributed by atoms with van der Waals surface area (Å²) in [5.41, 5.74) is -0.0852. The monoisotopic (exact) mass is 248 g/mol. The van der Waals surface area contributed by atoms with Crippen LogP contribution in [0.3, 0.4) is 0 Å². The Hall–Kier alpha value is -1.36. The first-order valence-electron chi connectivity index (χ1n) is 6.55. The van der Waals surface area contributed by atoms with Gasteiger partial charge in [-0.2, -0.15) is 0 Å². The molecular formula is C13H20N4O. The van der Waals surface area contributed by atoms with Crippen molar-refractivity contribution in [1.82, 2.24) is 19.4 Å². The number of likely N-dealkylation sites (tertiary alicyclic amines) is 2. The van der Waals surface area contributed by atoms with E-state index in [4.69, 9.17) is 0 Å². The fraction of sp³-hybridized carbons (Fsp3) is 0.692. The van der Waals surface area contributed by atoms with Crippen molar-refractivity contribution in [2.24, 2.45) is 12.5 Å². The summed E-state index contributed by atoms with van der Waals surface area (Å²) >= 11 is 0. The van der Waals surface area contributed by atoms with Crippen LogP contribution in [0.4, 0.5) is 0 Å². The molecule has 5 nitrogen and oxygen atoms in total. The minimum Gasteiger partial charge on any atom is -0.344 e. The van der Waals surface area contributed by atoms with Gasteiger partial charge in [-0.1, -0.05) is 0 Å². The Labute approximate surface area is 107 Å². The van der Waals surface area contributed by atoms with E-state index in [0.717, 1.165) is 44.8 Å². The van der Waals surface area contributed by atoms with Crippen molar-refractivity contribution in [2.75, 3.05) is 26.7 Å². The summed E-state index contributed by atoms with van der Waals surface area (Å²) in [5, 5.41) is 0. The molecule has 98 valence electrons. The van der Waals surface area contributed by atoms with E-state index < -0.39 is 0 Å². The molecule has 2 saturated heterocycles. The van der Waals surface area contributed by atoms with Crippen molar-refractivity contribution >= 4 is 5.91 Å². The van der Waals surface area contributed by atoms with Crippen LogP contribution in [0.2, 0.25) is 0 Å². The highest BCUT2D eigenvalue weighted by atomic mass is 16.2. The van der Waals surface area contributed by atoms with Gasteiger partial charge < -0.3 is 9.47 Å². The summed E-state index contributed by atoms with van der Waals surface area (Å²) in [6.07, 6.45) is 5.96. The summed E-state index contributed by atoms with van der Waals surface area (Å²) < 4.78 is 2.05. The summed E-state index contributed by atoms with van der Waals surface area (Å²) in [7, 11) is 3.91. The third-order valence-electron chi connectivity index (χ3n) is 4.28. The molecule has 3 heterocycles. The second kappa shape index (κ2) is 4.09. The lowest BCUT2D eigenvalue weighted by Crippen LogP contribution is -2.65. The number of amides is 1. The molecule has 5 heteroatoms. The standard InChI is InChI=1S/C13H20N4O/c1-15-7-5-14-11(15)8-17-6-3-4-13(10-17)9-16(2)12(13)18/h5,7H,3-4,6,8-10H2,1-2H3. The highest BCUT2D eigenvalue weighted by Gasteiger charge is 2.52. The third-order valence-corrected chi connectivity index (χ3v) is 4.28. The van der Waals surface area contributed by atoms with Gasteiger partial charge >= 0.3 is 0 Å².